The summed E-state index contributed by atoms with van der Waals surface area (Å²) in [5.74, 6) is 0.193. The van der Waals surface area contributed by atoms with Crippen LogP contribution in [0, 0.1) is 6.92 Å². The quantitative estimate of drug-likeness (QED) is 0.453. The maximum atomic E-state index is 12.7. The number of aromatic amines is 1. The van der Waals surface area contributed by atoms with Crippen LogP contribution in [0.3, 0.4) is 0 Å². The molecule has 0 unspecified atom stereocenters. The zero-order valence-corrected chi connectivity index (χ0v) is 15.0. The van der Waals surface area contributed by atoms with Gasteiger partial charge in [-0.2, -0.15) is 4.57 Å². The summed E-state index contributed by atoms with van der Waals surface area (Å²) in [6.45, 7) is 6.39. The third-order valence-corrected chi connectivity index (χ3v) is 3.85. The van der Waals surface area contributed by atoms with Crippen LogP contribution in [-0.2, 0) is 11.3 Å². The molecular weight excluding hydrogens is 344 g/mol. The smallest absolute Gasteiger partial charge is 0.347 e. The van der Waals surface area contributed by atoms with Gasteiger partial charge in [0.15, 0.2) is 23.6 Å². The minimum atomic E-state index is -0.533. The summed E-state index contributed by atoms with van der Waals surface area (Å²) in [5, 5.41) is 0. The minimum Gasteiger partial charge on any atom is -1.00 e. The molecule has 1 N–H and O–H groups in total. The van der Waals surface area contributed by atoms with Crippen molar-refractivity contribution >= 4 is 17.1 Å². The average Bonchev–Trinajstić information content (AvgIpc) is 2.89. The lowest BCUT2D eigenvalue weighted by atomic mass is 10.2. The predicted molar refractivity (Wildman–Crippen MR) is 88.3 cm³/mol. The van der Waals surface area contributed by atoms with E-state index in [1.54, 1.807) is 36.0 Å². The van der Waals surface area contributed by atoms with Gasteiger partial charge in [-0.25, -0.2) is 9.78 Å². The molecular formula is C17H19ClN4O3. The van der Waals surface area contributed by atoms with E-state index in [4.69, 9.17) is 4.74 Å². The van der Waals surface area contributed by atoms with Gasteiger partial charge in [0.1, 0.15) is 11.3 Å². The molecule has 0 saturated heterocycles. The first-order valence-corrected chi connectivity index (χ1v) is 7.85. The molecule has 0 aromatic carbocycles. The molecule has 0 radical (unpaired) electrons. The molecule has 25 heavy (non-hydrogen) atoms. The number of hydrogen-bond acceptors (Lipinski definition) is 4. The van der Waals surface area contributed by atoms with E-state index in [-0.39, 0.29) is 35.8 Å². The monoisotopic (exact) mass is 362 g/mol. The van der Waals surface area contributed by atoms with E-state index in [1.807, 2.05) is 24.5 Å². The summed E-state index contributed by atoms with van der Waals surface area (Å²) in [6.07, 6.45) is 3.44. The first-order valence-electron chi connectivity index (χ1n) is 7.85. The molecule has 3 rings (SSSR count). The van der Waals surface area contributed by atoms with Crippen LogP contribution in [0.1, 0.15) is 30.0 Å². The Bertz CT molecular complexity index is 963. The number of aryl methyl sites for hydroxylation is 2. The Morgan fingerprint density at radius 2 is 1.96 bits per heavy atom. The van der Waals surface area contributed by atoms with Gasteiger partial charge in [-0.15, -0.1) is 0 Å². The van der Waals surface area contributed by atoms with Crippen molar-refractivity contribution in [2.75, 3.05) is 6.61 Å². The minimum absolute atomic E-state index is 0. The van der Waals surface area contributed by atoms with Crippen LogP contribution in [0.4, 0.5) is 0 Å². The van der Waals surface area contributed by atoms with E-state index in [9.17, 15) is 9.59 Å². The molecule has 0 amide bonds. The van der Waals surface area contributed by atoms with Crippen LogP contribution in [0.15, 0.2) is 35.4 Å². The summed E-state index contributed by atoms with van der Waals surface area (Å²) in [4.78, 5) is 32.4. The highest BCUT2D eigenvalue weighted by molar-refractivity contribution is 6.04. The van der Waals surface area contributed by atoms with Crippen LogP contribution in [-0.4, -0.2) is 27.1 Å². The van der Waals surface area contributed by atoms with Crippen LogP contribution in [0.2, 0.25) is 0 Å². The van der Waals surface area contributed by atoms with Crippen LogP contribution < -0.4 is 22.5 Å². The van der Waals surface area contributed by atoms with E-state index in [0.29, 0.717) is 17.7 Å². The molecule has 0 aliphatic carbocycles. The zero-order chi connectivity index (χ0) is 17.3. The number of imidazole rings is 1. The highest BCUT2D eigenvalue weighted by atomic mass is 35.5. The fraction of sp³-hybridized carbons (Fsp3) is 0.294. The number of fused-ring (bicyclic) bond motifs is 1. The number of halogens is 1. The lowest BCUT2D eigenvalue weighted by molar-refractivity contribution is -0.597. The molecule has 3 heterocycles. The van der Waals surface area contributed by atoms with E-state index in [0.717, 1.165) is 5.82 Å². The molecule has 0 aliphatic rings. The Kier molecular flexibility index (Phi) is 5.58. The topological polar surface area (TPSA) is 80.9 Å². The fourth-order valence-corrected chi connectivity index (χ4v) is 2.88. The third kappa shape index (κ3) is 3.15. The maximum Gasteiger partial charge on any atom is 0.347 e. The number of nitrogens with one attached hydrogen (secondary N) is 1. The third-order valence-electron chi connectivity index (χ3n) is 3.85. The van der Waals surface area contributed by atoms with Crippen molar-refractivity contribution in [3.05, 3.63) is 52.3 Å². The first-order chi connectivity index (χ1) is 11.6. The molecule has 132 valence electrons. The largest absolute Gasteiger partial charge is 1.00 e. The Hall–Kier alpha value is -2.67. The average molecular weight is 363 g/mol. The summed E-state index contributed by atoms with van der Waals surface area (Å²) in [5.41, 5.74) is 1.05. The predicted octanol–water partition coefficient (Wildman–Crippen LogP) is -1.49. The molecule has 3 aromatic rings. The molecule has 0 saturated carbocycles. The molecule has 0 atom stereocenters. The number of aromatic nitrogens is 4. The normalized spacial score (nSPS) is 10.5. The number of carbonyl (C=O) groups is 1. The molecule has 7 nitrogen and oxygen atoms in total. The van der Waals surface area contributed by atoms with Gasteiger partial charge >= 0.3 is 11.5 Å². The number of hydrogen-bond donors (Lipinski definition) is 1. The number of ether oxygens (including phenoxy) is 1. The van der Waals surface area contributed by atoms with Crippen molar-refractivity contribution in [1.82, 2.24) is 14.5 Å². The van der Waals surface area contributed by atoms with Gasteiger partial charge in [0.25, 0.3) is 5.69 Å². The van der Waals surface area contributed by atoms with Crippen LogP contribution in [0.5, 0.6) is 0 Å². The number of H-pyrrole nitrogens is 1. The molecule has 8 heteroatoms. The van der Waals surface area contributed by atoms with Gasteiger partial charge in [-0.1, -0.05) is 6.07 Å². The van der Waals surface area contributed by atoms with Crippen LogP contribution in [0.25, 0.3) is 16.9 Å². The molecule has 0 aliphatic heterocycles. The molecule has 0 bridgehead atoms. The second kappa shape index (κ2) is 7.48. The lowest BCUT2D eigenvalue weighted by Gasteiger charge is -2.08. The van der Waals surface area contributed by atoms with Crippen molar-refractivity contribution < 1.29 is 26.5 Å². The number of esters is 1. The van der Waals surface area contributed by atoms with E-state index < -0.39 is 5.97 Å². The summed E-state index contributed by atoms with van der Waals surface area (Å²) < 4.78 is 8.73. The highest BCUT2D eigenvalue weighted by Crippen LogP contribution is 2.21. The van der Waals surface area contributed by atoms with Gasteiger partial charge in [0, 0.05) is 18.7 Å². The Morgan fingerprint density at radius 3 is 2.56 bits per heavy atom. The number of carbonyl (C=O) groups excluding carboxylic acids is 1. The highest BCUT2D eigenvalue weighted by Gasteiger charge is 2.30. The van der Waals surface area contributed by atoms with Gasteiger partial charge in [-0.3, -0.25) is 9.78 Å². The fourth-order valence-electron chi connectivity index (χ4n) is 2.88. The SMILES string of the molecule is CCOC(=O)c1c(-[n+]2ccccc2)c(=O)[nH]c2nc(C)n(CC)c12.[Cl-]. The Morgan fingerprint density at radius 1 is 1.28 bits per heavy atom. The first kappa shape index (κ1) is 18.7. The van der Waals surface area contributed by atoms with Gasteiger partial charge in [-0.05, 0) is 20.8 Å². The summed E-state index contributed by atoms with van der Waals surface area (Å²) >= 11 is 0. The Balaban J connectivity index is 0.00000225. The van der Waals surface area contributed by atoms with Crippen molar-refractivity contribution in [3.8, 4) is 5.69 Å². The van der Waals surface area contributed by atoms with E-state index in [2.05, 4.69) is 9.97 Å². The number of nitrogens with zero attached hydrogens (tertiary/aromatic N) is 3. The van der Waals surface area contributed by atoms with Crippen LogP contribution >= 0.6 is 0 Å². The van der Waals surface area contributed by atoms with Gasteiger partial charge in [0.2, 0.25) is 0 Å². The molecule has 0 spiro atoms. The standard InChI is InChI=1S/C17H18N4O3.ClH/c1-4-21-11(3)18-15-13(21)12(17(23)24-5-2)14(16(22)19-15)20-9-7-6-8-10-20;/h6-10H,4-5H2,1-3H3;1H. The van der Waals surface area contributed by atoms with Crippen molar-refractivity contribution in [3.63, 3.8) is 0 Å². The van der Waals surface area contributed by atoms with Gasteiger partial charge in [0.05, 0.1) is 6.61 Å². The summed E-state index contributed by atoms with van der Waals surface area (Å²) in [6, 6.07) is 5.43. The second-order valence-corrected chi connectivity index (χ2v) is 5.28. The lowest BCUT2D eigenvalue weighted by Crippen LogP contribution is -3.00. The zero-order valence-electron chi connectivity index (χ0n) is 14.2. The summed E-state index contributed by atoms with van der Waals surface area (Å²) in [7, 11) is 0. The second-order valence-electron chi connectivity index (χ2n) is 5.28. The molecule has 0 fully saturated rings. The van der Waals surface area contributed by atoms with Crippen molar-refractivity contribution in [2.24, 2.45) is 0 Å². The van der Waals surface area contributed by atoms with Crippen molar-refractivity contribution in [2.45, 2.75) is 27.3 Å². The number of rotatable bonds is 4. The maximum absolute atomic E-state index is 12.7. The van der Waals surface area contributed by atoms with E-state index >= 15 is 0 Å². The van der Waals surface area contributed by atoms with E-state index in [1.165, 1.54) is 0 Å². The van der Waals surface area contributed by atoms with Gasteiger partial charge < -0.3 is 21.7 Å². The molecule has 3 aromatic heterocycles. The number of pyridine rings is 2. The Labute approximate surface area is 150 Å². The van der Waals surface area contributed by atoms with Crippen molar-refractivity contribution in [1.29, 1.82) is 0 Å².